The average molecular weight is 242 g/mol. The highest BCUT2D eigenvalue weighted by molar-refractivity contribution is 7.89. The molecule has 0 bridgehead atoms. The van der Waals surface area contributed by atoms with Gasteiger partial charge in [0.05, 0.1) is 12.5 Å². The topological polar surface area (TPSA) is 78.1 Å². The third-order valence-corrected chi connectivity index (χ3v) is 5.18. The molecule has 2 aliphatic heterocycles. The van der Waals surface area contributed by atoms with E-state index in [1.165, 1.54) is 12.5 Å². The molecule has 1 aromatic rings. The molecule has 0 unspecified atom stereocenters. The van der Waals surface area contributed by atoms with E-state index in [2.05, 4.69) is 15.3 Å². The van der Waals surface area contributed by atoms with Crippen LogP contribution in [-0.2, 0) is 10.0 Å². The Labute approximate surface area is 94.1 Å². The van der Waals surface area contributed by atoms with Crippen LogP contribution >= 0.6 is 0 Å². The third-order valence-electron chi connectivity index (χ3n) is 3.42. The van der Waals surface area contributed by atoms with Crippen LogP contribution < -0.4 is 5.32 Å². The number of sulfonamides is 1. The van der Waals surface area contributed by atoms with Crippen molar-refractivity contribution in [2.75, 3.05) is 19.6 Å². The summed E-state index contributed by atoms with van der Waals surface area (Å²) >= 11 is 0. The molecule has 3 heterocycles. The van der Waals surface area contributed by atoms with Crippen molar-refractivity contribution in [2.24, 2.45) is 5.92 Å². The monoisotopic (exact) mass is 242 g/mol. The Balaban J connectivity index is 1.85. The van der Waals surface area contributed by atoms with Gasteiger partial charge in [-0.05, 0) is 18.9 Å². The molecular weight excluding hydrogens is 228 g/mol. The minimum Gasteiger partial charge on any atom is -0.335 e. The number of fused-ring (bicyclic) bond motifs is 1. The number of H-pyrrole nitrogens is 1. The van der Waals surface area contributed by atoms with Crippen LogP contribution in [0, 0.1) is 5.92 Å². The first kappa shape index (κ1) is 10.2. The predicted molar refractivity (Wildman–Crippen MR) is 57.2 cm³/mol. The van der Waals surface area contributed by atoms with Crippen LogP contribution in [-0.4, -0.2) is 48.4 Å². The van der Waals surface area contributed by atoms with E-state index in [0.717, 1.165) is 13.0 Å². The highest BCUT2D eigenvalue weighted by Gasteiger charge is 2.41. The zero-order chi connectivity index (χ0) is 11.2. The lowest BCUT2D eigenvalue weighted by Gasteiger charge is -2.15. The van der Waals surface area contributed by atoms with E-state index in [-0.39, 0.29) is 5.03 Å². The van der Waals surface area contributed by atoms with E-state index in [1.54, 1.807) is 4.31 Å². The molecule has 0 radical (unpaired) electrons. The molecule has 2 aliphatic rings. The molecule has 1 aromatic heterocycles. The van der Waals surface area contributed by atoms with Gasteiger partial charge in [-0.3, -0.25) is 0 Å². The maximum atomic E-state index is 12.2. The molecule has 7 heteroatoms. The standard InChI is InChI=1S/C9H14N4O2S/c14-16(15,9-3-10-6-12-9)13-4-7-1-2-11-8(7)5-13/h3,6-8,11H,1-2,4-5H2,(H,10,12)/t7-,8+/m1/s1. The van der Waals surface area contributed by atoms with E-state index in [0.29, 0.717) is 25.0 Å². The lowest BCUT2D eigenvalue weighted by atomic mass is 10.1. The normalized spacial score (nSPS) is 30.8. The molecule has 0 spiro atoms. The van der Waals surface area contributed by atoms with Crippen LogP contribution in [0.5, 0.6) is 0 Å². The Morgan fingerprint density at radius 2 is 2.31 bits per heavy atom. The maximum absolute atomic E-state index is 12.2. The van der Waals surface area contributed by atoms with Gasteiger partial charge in [0.15, 0.2) is 5.03 Å². The number of hydrogen-bond donors (Lipinski definition) is 2. The van der Waals surface area contributed by atoms with E-state index in [1.807, 2.05) is 0 Å². The fourth-order valence-electron chi connectivity index (χ4n) is 2.53. The van der Waals surface area contributed by atoms with Crippen LogP contribution in [0.25, 0.3) is 0 Å². The summed E-state index contributed by atoms with van der Waals surface area (Å²) in [5.41, 5.74) is 0. The molecule has 6 nitrogen and oxygen atoms in total. The third kappa shape index (κ3) is 1.47. The molecule has 16 heavy (non-hydrogen) atoms. The minimum atomic E-state index is -3.36. The summed E-state index contributed by atoms with van der Waals surface area (Å²) in [6.07, 6.45) is 3.82. The Morgan fingerprint density at radius 1 is 1.44 bits per heavy atom. The van der Waals surface area contributed by atoms with Crippen LogP contribution in [0.4, 0.5) is 0 Å². The van der Waals surface area contributed by atoms with E-state index < -0.39 is 10.0 Å². The van der Waals surface area contributed by atoms with E-state index in [9.17, 15) is 8.42 Å². The second-order valence-corrected chi connectivity index (χ2v) is 6.25. The lowest BCUT2D eigenvalue weighted by Crippen LogP contribution is -2.34. The molecule has 3 rings (SSSR count). The fraction of sp³-hybridized carbons (Fsp3) is 0.667. The van der Waals surface area contributed by atoms with Crippen molar-refractivity contribution in [3.05, 3.63) is 12.5 Å². The highest BCUT2D eigenvalue weighted by atomic mass is 32.2. The summed E-state index contributed by atoms with van der Waals surface area (Å²) in [6.45, 7) is 2.21. The van der Waals surface area contributed by atoms with Crippen molar-refractivity contribution >= 4 is 10.0 Å². The van der Waals surface area contributed by atoms with Crippen LogP contribution in [0.1, 0.15) is 6.42 Å². The molecule has 0 amide bonds. The molecule has 2 N–H and O–H groups in total. The van der Waals surface area contributed by atoms with Crippen LogP contribution in [0.15, 0.2) is 17.6 Å². The summed E-state index contributed by atoms with van der Waals surface area (Å²) < 4.78 is 25.9. The van der Waals surface area contributed by atoms with Crippen molar-refractivity contribution in [3.63, 3.8) is 0 Å². The lowest BCUT2D eigenvalue weighted by molar-refractivity contribution is 0.446. The van der Waals surface area contributed by atoms with Gasteiger partial charge in [0, 0.05) is 19.1 Å². The molecule has 0 aromatic carbocycles. The van der Waals surface area contributed by atoms with Gasteiger partial charge in [-0.25, -0.2) is 13.4 Å². The van der Waals surface area contributed by atoms with Crippen molar-refractivity contribution in [3.8, 4) is 0 Å². The number of nitrogens with zero attached hydrogens (tertiary/aromatic N) is 2. The van der Waals surface area contributed by atoms with Crippen molar-refractivity contribution in [2.45, 2.75) is 17.5 Å². The first-order valence-electron chi connectivity index (χ1n) is 5.40. The maximum Gasteiger partial charge on any atom is 0.260 e. The summed E-state index contributed by atoms with van der Waals surface area (Å²) in [7, 11) is -3.36. The quantitative estimate of drug-likeness (QED) is 0.725. The number of hydrogen-bond acceptors (Lipinski definition) is 4. The van der Waals surface area contributed by atoms with Crippen LogP contribution in [0.2, 0.25) is 0 Å². The smallest absolute Gasteiger partial charge is 0.260 e. The Hall–Kier alpha value is -0.920. The Kier molecular flexibility index (Phi) is 2.27. The van der Waals surface area contributed by atoms with Gasteiger partial charge in [-0.15, -0.1) is 0 Å². The van der Waals surface area contributed by atoms with Crippen molar-refractivity contribution < 1.29 is 8.42 Å². The van der Waals surface area contributed by atoms with Gasteiger partial charge in [0.2, 0.25) is 0 Å². The second-order valence-electron chi connectivity index (χ2n) is 4.35. The number of aromatic nitrogens is 2. The summed E-state index contributed by atoms with van der Waals surface area (Å²) in [6, 6.07) is 0.331. The predicted octanol–water partition coefficient (Wildman–Crippen LogP) is -0.608. The summed E-state index contributed by atoms with van der Waals surface area (Å²) in [4.78, 5) is 6.41. The largest absolute Gasteiger partial charge is 0.335 e. The van der Waals surface area contributed by atoms with E-state index >= 15 is 0 Å². The van der Waals surface area contributed by atoms with Gasteiger partial charge in [-0.2, -0.15) is 4.31 Å². The molecule has 2 atom stereocenters. The second kappa shape index (κ2) is 3.54. The fourth-order valence-corrected chi connectivity index (χ4v) is 3.95. The average Bonchev–Trinajstić information content (AvgIpc) is 2.94. The zero-order valence-electron chi connectivity index (χ0n) is 8.76. The Bertz CT molecular complexity index is 458. The zero-order valence-corrected chi connectivity index (χ0v) is 9.57. The van der Waals surface area contributed by atoms with Gasteiger partial charge >= 0.3 is 0 Å². The first-order valence-corrected chi connectivity index (χ1v) is 6.84. The molecule has 0 saturated carbocycles. The number of nitrogens with one attached hydrogen (secondary N) is 2. The molecule has 88 valence electrons. The Morgan fingerprint density at radius 3 is 3.00 bits per heavy atom. The summed E-state index contributed by atoms with van der Waals surface area (Å²) in [5, 5.41) is 3.52. The molecule has 0 aliphatic carbocycles. The highest BCUT2D eigenvalue weighted by Crippen LogP contribution is 2.28. The first-order chi connectivity index (χ1) is 7.68. The van der Waals surface area contributed by atoms with Gasteiger partial charge in [0.1, 0.15) is 0 Å². The summed E-state index contributed by atoms with van der Waals surface area (Å²) in [5.74, 6) is 0.470. The van der Waals surface area contributed by atoms with Crippen LogP contribution in [0.3, 0.4) is 0 Å². The van der Waals surface area contributed by atoms with E-state index in [4.69, 9.17) is 0 Å². The molecule has 2 saturated heterocycles. The number of aromatic amines is 1. The minimum absolute atomic E-state index is 0.187. The van der Waals surface area contributed by atoms with Crippen molar-refractivity contribution in [1.29, 1.82) is 0 Å². The van der Waals surface area contributed by atoms with Gasteiger partial charge in [-0.1, -0.05) is 0 Å². The van der Waals surface area contributed by atoms with Crippen molar-refractivity contribution in [1.82, 2.24) is 19.6 Å². The van der Waals surface area contributed by atoms with Gasteiger partial charge in [0.25, 0.3) is 10.0 Å². The SMILES string of the molecule is O=S(=O)(c1cnc[nH]1)N1C[C@H]2CCN[C@H]2C1. The molecular formula is C9H14N4O2S. The molecule has 2 fully saturated rings. The number of imidazole rings is 1. The van der Waals surface area contributed by atoms with Gasteiger partial charge < -0.3 is 10.3 Å². The number of rotatable bonds is 2.